The summed E-state index contributed by atoms with van der Waals surface area (Å²) in [7, 11) is 0. The molecular formula is C17H14FNO. The van der Waals surface area contributed by atoms with Gasteiger partial charge in [0, 0.05) is 18.2 Å². The average molecular weight is 267 g/mol. The minimum Gasteiger partial charge on any atom is -0.388 e. The smallest absolute Gasteiger partial charge is 0.147 e. The van der Waals surface area contributed by atoms with Crippen LogP contribution in [0.4, 0.5) is 4.39 Å². The number of aliphatic hydroxyl groups excluding tert-OH is 1. The van der Waals surface area contributed by atoms with Crippen LogP contribution in [0.15, 0.2) is 60.9 Å². The van der Waals surface area contributed by atoms with E-state index in [-0.39, 0.29) is 5.56 Å². The Labute approximate surface area is 116 Å². The minimum absolute atomic E-state index is 0.285. The van der Waals surface area contributed by atoms with Crippen LogP contribution in [0.2, 0.25) is 0 Å². The van der Waals surface area contributed by atoms with Gasteiger partial charge in [-0.15, -0.1) is 0 Å². The molecule has 1 heterocycles. The maximum absolute atomic E-state index is 13.6. The molecule has 0 aliphatic heterocycles. The Morgan fingerprint density at radius 3 is 2.70 bits per heavy atom. The van der Waals surface area contributed by atoms with Crippen molar-refractivity contribution in [2.75, 3.05) is 0 Å². The number of halogens is 1. The third-order valence-corrected chi connectivity index (χ3v) is 3.46. The largest absolute Gasteiger partial charge is 0.388 e. The van der Waals surface area contributed by atoms with Crippen molar-refractivity contribution < 1.29 is 9.50 Å². The molecule has 0 radical (unpaired) electrons. The molecule has 2 aromatic carbocycles. The number of aliphatic hydroxyl groups is 1. The van der Waals surface area contributed by atoms with Crippen LogP contribution >= 0.6 is 0 Å². The molecule has 1 aromatic heterocycles. The molecule has 0 fully saturated rings. The van der Waals surface area contributed by atoms with Gasteiger partial charge < -0.3 is 5.11 Å². The Bertz CT molecular complexity index is 736. The maximum Gasteiger partial charge on any atom is 0.147 e. The van der Waals surface area contributed by atoms with Crippen molar-refractivity contribution in [3.63, 3.8) is 0 Å². The first-order chi connectivity index (χ1) is 9.75. The molecule has 1 atom stereocenters. The first kappa shape index (κ1) is 12.8. The number of nitrogens with zero attached hydrogens (tertiary/aromatic N) is 1. The predicted octanol–water partition coefficient (Wildman–Crippen LogP) is 3.65. The second-order valence-electron chi connectivity index (χ2n) is 4.76. The molecule has 1 unspecified atom stereocenters. The number of hydrogen-bond donors (Lipinski definition) is 1. The Balaban J connectivity index is 1.96. The number of pyridine rings is 1. The van der Waals surface area contributed by atoms with Gasteiger partial charge in [0.15, 0.2) is 0 Å². The van der Waals surface area contributed by atoms with Crippen molar-refractivity contribution in [3.05, 3.63) is 77.9 Å². The van der Waals surface area contributed by atoms with Crippen molar-refractivity contribution in [1.29, 1.82) is 0 Å². The zero-order chi connectivity index (χ0) is 13.9. The third-order valence-electron chi connectivity index (χ3n) is 3.46. The minimum atomic E-state index is -0.871. The number of rotatable bonds is 3. The number of hydrogen-bond acceptors (Lipinski definition) is 2. The first-order valence-corrected chi connectivity index (χ1v) is 6.50. The SMILES string of the molecule is OC(Cc1cccc2ccccc12)c1ccncc1F. The van der Waals surface area contributed by atoms with E-state index in [1.807, 2.05) is 42.5 Å². The molecule has 0 spiro atoms. The van der Waals surface area contributed by atoms with Gasteiger partial charge in [0.1, 0.15) is 5.82 Å². The molecular weight excluding hydrogens is 253 g/mol. The Kier molecular flexibility index (Phi) is 3.44. The highest BCUT2D eigenvalue weighted by molar-refractivity contribution is 5.85. The van der Waals surface area contributed by atoms with Gasteiger partial charge in [-0.2, -0.15) is 0 Å². The summed E-state index contributed by atoms with van der Waals surface area (Å²) in [5.41, 5.74) is 1.29. The molecule has 0 amide bonds. The molecule has 0 aliphatic carbocycles. The summed E-state index contributed by atoms with van der Waals surface area (Å²) >= 11 is 0. The van der Waals surface area contributed by atoms with Crippen molar-refractivity contribution in [2.24, 2.45) is 0 Å². The number of aromatic nitrogens is 1. The van der Waals surface area contributed by atoms with E-state index in [4.69, 9.17) is 0 Å². The highest BCUT2D eigenvalue weighted by Gasteiger charge is 2.14. The highest BCUT2D eigenvalue weighted by Crippen LogP contribution is 2.25. The van der Waals surface area contributed by atoms with E-state index < -0.39 is 11.9 Å². The fourth-order valence-corrected chi connectivity index (χ4v) is 2.44. The molecule has 0 saturated carbocycles. The summed E-state index contributed by atoms with van der Waals surface area (Å²) in [5.74, 6) is -0.472. The van der Waals surface area contributed by atoms with E-state index in [2.05, 4.69) is 4.98 Å². The molecule has 3 aromatic rings. The van der Waals surface area contributed by atoms with Gasteiger partial charge in [0.2, 0.25) is 0 Å². The topological polar surface area (TPSA) is 33.1 Å². The van der Waals surface area contributed by atoms with Crippen LogP contribution in [0.3, 0.4) is 0 Å². The van der Waals surface area contributed by atoms with Crippen LogP contribution in [0.25, 0.3) is 10.8 Å². The van der Waals surface area contributed by atoms with Crippen LogP contribution in [0, 0.1) is 5.82 Å². The Morgan fingerprint density at radius 1 is 1.05 bits per heavy atom. The zero-order valence-corrected chi connectivity index (χ0v) is 10.8. The lowest BCUT2D eigenvalue weighted by Gasteiger charge is -2.13. The molecule has 0 bridgehead atoms. The third kappa shape index (κ3) is 2.40. The molecule has 0 aliphatic rings. The van der Waals surface area contributed by atoms with E-state index in [9.17, 15) is 9.50 Å². The van der Waals surface area contributed by atoms with Gasteiger partial charge in [-0.25, -0.2) is 4.39 Å². The second-order valence-corrected chi connectivity index (χ2v) is 4.76. The quantitative estimate of drug-likeness (QED) is 0.785. The summed E-state index contributed by atoms with van der Waals surface area (Å²) in [6.07, 6.45) is 2.12. The molecule has 3 rings (SSSR count). The Morgan fingerprint density at radius 2 is 1.85 bits per heavy atom. The van der Waals surface area contributed by atoms with E-state index in [1.54, 1.807) is 0 Å². The molecule has 100 valence electrons. The second kappa shape index (κ2) is 5.39. The molecule has 2 nitrogen and oxygen atoms in total. The molecule has 1 N–H and O–H groups in total. The van der Waals surface area contributed by atoms with Gasteiger partial charge in [-0.1, -0.05) is 42.5 Å². The summed E-state index contributed by atoms with van der Waals surface area (Å²) in [5, 5.41) is 12.5. The number of fused-ring (bicyclic) bond motifs is 1. The average Bonchev–Trinajstić information content (AvgIpc) is 2.48. The van der Waals surface area contributed by atoms with E-state index >= 15 is 0 Å². The Hall–Kier alpha value is -2.26. The number of benzene rings is 2. The van der Waals surface area contributed by atoms with Gasteiger partial charge in [0.25, 0.3) is 0 Å². The predicted molar refractivity (Wildman–Crippen MR) is 76.8 cm³/mol. The highest BCUT2D eigenvalue weighted by atomic mass is 19.1. The van der Waals surface area contributed by atoms with Crippen LogP contribution < -0.4 is 0 Å². The monoisotopic (exact) mass is 267 g/mol. The van der Waals surface area contributed by atoms with Crippen LogP contribution in [0.5, 0.6) is 0 Å². The summed E-state index contributed by atoms with van der Waals surface area (Å²) < 4.78 is 13.6. The molecule has 0 saturated heterocycles. The van der Waals surface area contributed by atoms with Crippen molar-refractivity contribution in [2.45, 2.75) is 12.5 Å². The lowest BCUT2D eigenvalue weighted by molar-refractivity contribution is 0.174. The summed E-state index contributed by atoms with van der Waals surface area (Å²) in [6.45, 7) is 0. The lowest BCUT2D eigenvalue weighted by atomic mass is 9.97. The van der Waals surface area contributed by atoms with Gasteiger partial charge >= 0.3 is 0 Å². The van der Waals surface area contributed by atoms with Crippen molar-refractivity contribution in [1.82, 2.24) is 4.98 Å². The normalized spacial score (nSPS) is 12.5. The van der Waals surface area contributed by atoms with E-state index in [0.717, 1.165) is 22.5 Å². The molecule has 3 heteroatoms. The fraction of sp³-hybridized carbons (Fsp3) is 0.118. The summed E-state index contributed by atoms with van der Waals surface area (Å²) in [4.78, 5) is 3.70. The van der Waals surface area contributed by atoms with E-state index in [0.29, 0.717) is 6.42 Å². The van der Waals surface area contributed by atoms with Crippen molar-refractivity contribution >= 4 is 10.8 Å². The zero-order valence-electron chi connectivity index (χ0n) is 10.8. The fourth-order valence-electron chi connectivity index (χ4n) is 2.44. The van der Waals surface area contributed by atoms with Crippen molar-refractivity contribution in [3.8, 4) is 0 Å². The molecule has 20 heavy (non-hydrogen) atoms. The summed E-state index contributed by atoms with van der Waals surface area (Å²) in [6, 6.07) is 15.4. The van der Waals surface area contributed by atoms with Gasteiger partial charge in [-0.05, 0) is 22.4 Å². The standard InChI is InChI=1S/C17H14FNO/c18-16-11-19-9-8-15(16)17(20)10-13-6-3-5-12-4-1-2-7-14(12)13/h1-9,11,17,20H,10H2. The van der Waals surface area contributed by atoms with Crippen LogP contribution in [-0.2, 0) is 6.42 Å². The maximum atomic E-state index is 13.6. The van der Waals surface area contributed by atoms with Gasteiger partial charge in [0.05, 0.1) is 12.3 Å². The van der Waals surface area contributed by atoms with Gasteiger partial charge in [-0.3, -0.25) is 4.98 Å². The first-order valence-electron chi connectivity index (χ1n) is 6.50. The van der Waals surface area contributed by atoms with Crippen LogP contribution in [0.1, 0.15) is 17.2 Å². The van der Waals surface area contributed by atoms with Crippen LogP contribution in [-0.4, -0.2) is 10.1 Å². The lowest BCUT2D eigenvalue weighted by Crippen LogP contribution is -2.05. The van der Waals surface area contributed by atoms with E-state index in [1.165, 1.54) is 12.3 Å².